The Morgan fingerprint density at radius 2 is 1.60 bits per heavy atom. The van der Waals surface area contributed by atoms with E-state index in [0.29, 0.717) is 17.9 Å². The highest BCUT2D eigenvalue weighted by Crippen LogP contribution is 2.36. The summed E-state index contributed by atoms with van der Waals surface area (Å²) in [6.07, 6.45) is -4.69. The lowest BCUT2D eigenvalue weighted by molar-refractivity contribution is -0.274. The number of carbonyl (C=O) groups excluding carboxylic acids is 1. The van der Waals surface area contributed by atoms with Crippen LogP contribution in [0.25, 0.3) is 0 Å². The number of likely N-dealkylation sites (tertiary alicyclic amines) is 1. The van der Waals surface area contributed by atoms with Crippen LogP contribution in [0.5, 0.6) is 5.75 Å². The molecule has 2 N–H and O–H groups in total. The van der Waals surface area contributed by atoms with Crippen molar-refractivity contribution in [3.05, 3.63) is 59.1 Å². The zero-order chi connectivity index (χ0) is 26.1. The van der Waals surface area contributed by atoms with Crippen molar-refractivity contribution in [2.45, 2.75) is 56.0 Å². The summed E-state index contributed by atoms with van der Waals surface area (Å²) in [6, 6.07) is 11.2. The quantitative estimate of drug-likeness (QED) is 0.487. The van der Waals surface area contributed by atoms with E-state index in [-0.39, 0.29) is 18.0 Å². The first-order chi connectivity index (χ1) is 16.1. The van der Waals surface area contributed by atoms with Crippen molar-refractivity contribution in [3.8, 4) is 5.75 Å². The third-order valence-electron chi connectivity index (χ3n) is 5.39. The Bertz CT molecular complexity index is 1140. The molecule has 1 saturated heterocycles. The lowest BCUT2D eigenvalue weighted by atomic mass is 9.82. The van der Waals surface area contributed by atoms with Gasteiger partial charge in [-0.1, -0.05) is 23.7 Å². The summed E-state index contributed by atoms with van der Waals surface area (Å²) in [5, 5.41) is 0.502. The van der Waals surface area contributed by atoms with Gasteiger partial charge in [0.15, 0.2) is 0 Å². The molecule has 0 saturated carbocycles. The average Bonchev–Trinajstić information content (AvgIpc) is 2.72. The Kier molecular flexibility index (Phi) is 7.64. The summed E-state index contributed by atoms with van der Waals surface area (Å²) < 4.78 is 71.6. The minimum atomic E-state index is -4.86. The van der Waals surface area contributed by atoms with Gasteiger partial charge < -0.3 is 14.4 Å². The Morgan fingerprint density at radius 3 is 2.09 bits per heavy atom. The fourth-order valence-corrected chi connectivity index (χ4v) is 5.42. The molecular weight excluding hydrogens is 507 g/mol. The number of benzene rings is 2. The average molecular weight is 534 g/mol. The second-order valence-electron chi connectivity index (χ2n) is 9.23. The second kappa shape index (κ2) is 9.87. The Labute approximate surface area is 207 Å². The number of halogens is 4. The fourth-order valence-electron chi connectivity index (χ4n) is 3.78. The smallest absolute Gasteiger partial charge is 0.444 e. The Morgan fingerprint density at radius 1 is 1.06 bits per heavy atom. The van der Waals surface area contributed by atoms with Crippen LogP contribution in [-0.4, -0.2) is 40.3 Å². The molecule has 2 aromatic rings. The minimum Gasteiger partial charge on any atom is -0.444 e. The highest BCUT2D eigenvalue weighted by Gasteiger charge is 2.41. The molecular formula is C23H27ClF3N3O4S. The third kappa shape index (κ3) is 7.25. The van der Waals surface area contributed by atoms with Crippen LogP contribution in [-0.2, 0) is 20.2 Å². The predicted octanol–water partition coefficient (Wildman–Crippen LogP) is 6.08. The molecule has 7 nitrogen and oxygen atoms in total. The molecule has 1 aliphatic heterocycles. The van der Waals surface area contributed by atoms with Gasteiger partial charge in [-0.05, 0) is 75.6 Å². The maximum Gasteiger partial charge on any atom is 0.573 e. The van der Waals surface area contributed by atoms with E-state index in [1.807, 2.05) is 0 Å². The molecule has 1 heterocycles. The van der Waals surface area contributed by atoms with E-state index in [1.165, 1.54) is 0 Å². The van der Waals surface area contributed by atoms with E-state index < -0.39 is 39.3 Å². The van der Waals surface area contributed by atoms with Crippen molar-refractivity contribution in [1.29, 1.82) is 4.78 Å². The number of piperidine rings is 1. The van der Waals surface area contributed by atoms with Crippen LogP contribution in [0, 0.1) is 4.78 Å². The van der Waals surface area contributed by atoms with E-state index in [4.69, 9.17) is 21.1 Å². The van der Waals surface area contributed by atoms with Crippen LogP contribution in [0.1, 0.15) is 39.2 Å². The third-order valence-corrected chi connectivity index (χ3v) is 7.26. The van der Waals surface area contributed by atoms with Crippen LogP contribution in [0.3, 0.4) is 0 Å². The molecule has 0 spiro atoms. The number of carbonyl (C=O) groups is 1. The summed E-state index contributed by atoms with van der Waals surface area (Å²) in [7, 11) is -3.66. The molecule has 0 aromatic heterocycles. The molecule has 192 valence electrons. The number of amides is 1. The van der Waals surface area contributed by atoms with E-state index in [2.05, 4.69) is 9.46 Å². The molecule has 0 aliphatic carbocycles. The summed E-state index contributed by atoms with van der Waals surface area (Å²) >= 11 is 6.04. The number of hydrogen-bond acceptors (Lipinski definition) is 5. The molecule has 0 bridgehead atoms. The standard InChI is InChI=1S/C23H27ClF3N3O4S/c1-21(2,3)34-20(31)30-14-12-22(13-15-30,16-4-6-17(24)7-5-16)29-35(28,32)19-10-8-18(9-11-19)33-23(25,26)27/h4-11H,12-15H2,1-3H3,(H2,28,29,32). The number of nitrogens with zero attached hydrogens (tertiary/aromatic N) is 1. The second-order valence-corrected chi connectivity index (χ2v) is 11.5. The molecule has 12 heteroatoms. The molecule has 35 heavy (non-hydrogen) atoms. The van der Waals surface area contributed by atoms with Crippen LogP contribution < -0.4 is 9.46 Å². The van der Waals surface area contributed by atoms with Gasteiger partial charge in [0.2, 0.25) is 0 Å². The maximum absolute atomic E-state index is 13.5. The molecule has 0 radical (unpaired) electrons. The van der Waals surface area contributed by atoms with Crippen LogP contribution in [0.15, 0.2) is 53.4 Å². The van der Waals surface area contributed by atoms with Crippen molar-refractivity contribution in [1.82, 2.24) is 9.62 Å². The molecule has 2 aromatic carbocycles. The number of nitrogens with one attached hydrogen (secondary N) is 2. The van der Waals surface area contributed by atoms with Gasteiger partial charge in [0.1, 0.15) is 21.3 Å². The summed E-state index contributed by atoms with van der Waals surface area (Å²) in [5.74, 6) is -0.477. The molecule has 1 aliphatic rings. The van der Waals surface area contributed by atoms with Gasteiger partial charge in [0, 0.05) is 18.1 Å². The number of hydrogen-bond donors (Lipinski definition) is 2. The first kappa shape index (κ1) is 27.1. The molecule has 3 rings (SSSR count). The van der Waals surface area contributed by atoms with Crippen molar-refractivity contribution in [3.63, 3.8) is 0 Å². The summed E-state index contributed by atoms with van der Waals surface area (Å²) in [6.45, 7) is 5.87. The molecule has 1 atom stereocenters. The number of alkyl halides is 3. The van der Waals surface area contributed by atoms with E-state index in [0.717, 1.165) is 29.8 Å². The highest BCUT2D eigenvalue weighted by atomic mass is 35.5. The molecule has 1 fully saturated rings. The SMILES string of the molecule is CC(C)(C)OC(=O)N1CCC(NS(=N)(=O)c2ccc(OC(F)(F)F)cc2)(c2ccc(Cl)cc2)CC1. The van der Waals surface area contributed by atoms with Gasteiger partial charge >= 0.3 is 12.5 Å². The predicted molar refractivity (Wildman–Crippen MR) is 126 cm³/mol. The lowest BCUT2D eigenvalue weighted by Crippen LogP contribution is -2.54. The highest BCUT2D eigenvalue weighted by molar-refractivity contribution is 7.90. The van der Waals surface area contributed by atoms with Crippen molar-refractivity contribution < 1.29 is 31.6 Å². The summed E-state index contributed by atoms with van der Waals surface area (Å²) in [4.78, 5) is 14.1. The van der Waals surface area contributed by atoms with E-state index in [1.54, 1.807) is 49.9 Å². The van der Waals surface area contributed by atoms with Crippen molar-refractivity contribution in [2.75, 3.05) is 13.1 Å². The van der Waals surface area contributed by atoms with Gasteiger partial charge in [-0.15, -0.1) is 13.2 Å². The van der Waals surface area contributed by atoms with Gasteiger partial charge in [0.05, 0.1) is 10.4 Å². The first-order valence-corrected chi connectivity index (χ1v) is 12.7. The zero-order valence-electron chi connectivity index (χ0n) is 19.4. The van der Waals surface area contributed by atoms with Crippen LogP contribution in [0.4, 0.5) is 18.0 Å². The normalized spacial score (nSPS) is 18.0. The van der Waals surface area contributed by atoms with Crippen molar-refractivity contribution >= 4 is 27.6 Å². The lowest BCUT2D eigenvalue weighted by Gasteiger charge is -2.43. The van der Waals surface area contributed by atoms with Gasteiger partial charge in [0.25, 0.3) is 0 Å². The van der Waals surface area contributed by atoms with E-state index >= 15 is 0 Å². The Balaban J connectivity index is 1.86. The Hall–Kier alpha value is -2.50. The fraction of sp³-hybridized carbons (Fsp3) is 0.435. The zero-order valence-corrected chi connectivity index (χ0v) is 21.0. The topological polar surface area (TPSA) is 91.7 Å². The van der Waals surface area contributed by atoms with Crippen LogP contribution >= 0.6 is 11.6 Å². The van der Waals surface area contributed by atoms with Gasteiger partial charge in [-0.25, -0.2) is 18.5 Å². The number of ether oxygens (including phenoxy) is 2. The minimum absolute atomic E-state index is 0.00469. The largest absolute Gasteiger partial charge is 0.573 e. The van der Waals surface area contributed by atoms with Crippen LogP contribution in [0.2, 0.25) is 5.02 Å². The monoisotopic (exact) mass is 533 g/mol. The maximum atomic E-state index is 13.5. The number of rotatable bonds is 5. The summed E-state index contributed by atoms with van der Waals surface area (Å²) in [5.41, 5.74) is -0.886. The first-order valence-electron chi connectivity index (χ1n) is 10.8. The molecule has 1 unspecified atom stereocenters. The molecule has 1 amide bonds. The van der Waals surface area contributed by atoms with Gasteiger partial charge in [-0.3, -0.25) is 0 Å². The van der Waals surface area contributed by atoms with E-state index in [9.17, 15) is 22.2 Å². The van der Waals surface area contributed by atoms with Crippen molar-refractivity contribution in [2.24, 2.45) is 0 Å². The van der Waals surface area contributed by atoms with Gasteiger partial charge in [-0.2, -0.15) is 0 Å².